The van der Waals surface area contributed by atoms with Crippen molar-refractivity contribution in [1.29, 1.82) is 0 Å². The first-order valence-electron chi connectivity index (χ1n) is 6.72. The lowest BCUT2D eigenvalue weighted by Crippen LogP contribution is -2.35. The van der Waals surface area contributed by atoms with Crippen LogP contribution in [0, 0.1) is 6.92 Å². The average molecular weight is 290 g/mol. The number of hydrogen-bond acceptors (Lipinski definition) is 4. The molecule has 1 N–H and O–H groups in total. The van der Waals surface area contributed by atoms with Crippen molar-refractivity contribution in [3.63, 3.8) is 0 Å². The third-order valence-corrected chi connectivity index (χ3v) is 4.16. The van der Waals surface area contributed by atoms with Crippen LogP contribution in [-0.2, 0) is 13.6 Å². The Kier molecular flexibility index (Phi) is 4.50. The molecule has 0 radical (unpaired) electrons. The first kappa shape index (κ1) is 15.1. The van der Waals surface area contributed by atoms with Gasteiger partial charge < -0.3 is 5.32 Å². The highest BCUT2D eigenvalue weighted by Crippen LogP contribution is 2.31. The van der Waals surface area contributed by atoms with Gasteiger partial charge in [0.05, 0.1) is 5.69 Å². The van der Waals surface area contributed by atoms with E-state index in [1.165, 1.54) is 15.5 Å². The average Bonchev–Trinajstić information content (AvgIpc) is 2.62. The Bertz CT molecular complexity index is 570. The molecule has 0 unspecified atom stereocenters. The van der Waals surface area contributed by atoms with E-state index in [-0.39, 0.29) is 5.54 Å². The van der Waals surface area contributed by atoms with Crippen LogP contribution in [0.5, 0.6) is 0 Å². The second-order valence-electron chi connectivity index (χ2n) is 5.88. The molecule has 0 aromatic carbocycles. The number of nitrogens with one attached hydrogen (secondary N) is 1. The van der Waals surface area contributed by atoms with Crippen LogP contribution in [0.3, 0.4) is 0 Å². The predicted octanol–water partition coefficient (Wildman–Crippen LogP) is 3.16. The molecule has 20 heavy (non-hydrogen) atoms. The lowest BCUT2D eigenvalue weighted by Gasteiger charge is -2.20. The maximum absolute atomic E-state index is 4.55. The van der Waals surface area contributed by atoms with Crippen LogP contribution in [0.2, 0.25) is 0 Å². The minimum Gasteiger partial charge on any atom is -0.308 e. The summed E-state index contributed by atoms with van der Waals surface area (Å²) in [6.07, 6.45) is 3.64. The summed E-state index contributed by atoms with van der Waals surface area (Å²) < 4.78 is 1.96. The predicted molar refractivity (Wildman–Crippen MR) is 82.9 cm³/mol. The van der Waals surface area contributed by atoms with Gasteiger partial charge in [0.25, 0.3) is 0 Å². The van der Waals surface area contributed by atoms with E-state index in [0.717, 1.165) is 12.2 Å². The van der Waals surface area contributed by atoms with Crippen LogP contribution in [0.15, 0.2) is 34.4 Å². The van der Waals surface area contributed by atoms with E-state index in [2.05, 4.69) is 43.1 Å². The first-order valence-corrected chi connectivity index (χ1v) is 7.54. The maximum Gasteiger partial charge on any atom is 0.103 e. The molecular weight excluding hydrogens is 268 g/mol. The van der Waals surface area contributed by atoms with Gasteiger partial charge >= 0.3 is 0 Å². The van der Waals surface area contributed by atoms with E-state index < -0.39 is 0 Å². The van der Waals surface area contributed by atoms with Crippen LogP contribution in [0.25, 0.3) is 0 Å². The zero-order chi connectivity index (χ0) is 14.8. The Labute approximate surface area is 125 Å². The van der Waals surface area contributed by atoms with Crippen molar-refractivity contribution < 1.29 is 0 Å². The molecule has 4 nitrogen and oxygen atoms in total. The molecule has 0 saturated carbocycles. The summed E-state index contributed by atoms with van der Waals surface area (Å²) in [7, 11) is 2.00. The molecule has 0 aliphatic carbocycles. The van der Waals surface area contributed by atoms with E-state index in [9.17, 15) is 0 Å². The highest BCUT2D eigenvalue weighted by atomic mass is 32.2. The first-order chi connectivity index (χ1) is 9.37. The molecule has 2 aromatic rings. The maximum atomic E-state index is 4.55. The summed E-state index contributed by atoms with van der Waals surface area (Å²) in [5.74, 6) is 0. The third-order valence-electron chi connectivity index (χ3n) is 2.95. The molecule has 0 aliphatic heterocycles. The zero-order valence-corrected chi connectivity index (χ0v) is 13.6. The number of aromatic nitrogens is 3. The van der Waals surface area contributed by atoms with E-state index >= 15 is 0 Å². The Morgan fingerprint density at radius 2 is 1.90 bits per heavy atom. The van der Waals surface area contributed by atoms with Gasteiger partial charge in [0.15, 0.2) is 0 Å². The van der Waals surface area contributed by atoms with Crippen molar-refractivity contribution in [2.24, 2.45) is 7.05 Å². The Morgan fingerprint density at radius 3 is 2.50 bits per heavy atom. The lowest BCUT2D eigenvalue weighted by molar-refractivity contribution is 0.421. The molecular formula is C15H22N4S. The molecule has 2 heterocycles. The SMILES string of the molecule is Cc1nn(C)c(Sc2ccncc2)c1CNC(C)(C)C. The summed E-state index contributed by atoms with van der Waals surface area (Å²) in [6, 6.07) is 4.04. The number of aryl methyl sites for hydroxylation is 2. The fourth-order valence-electron chi connectivity index (χ4n) is 1.88. The monoisotopic (exact) mass is 290 g/mol. The quantitative estimate of drug-likeness (QED) is 0.939. The van der Waals surface area contributed by atoms with Crippen molar-refractivity contribution in [1.82, 2.24) is 20.1 Å². The largest absolute Gasteiger partial charge is 0.308 e. The van der Waals surface area contributed by atoms with Crippen LogP contribution in [-0.4, -0.2) is 20.3 Å². The minimum atomic E-state index is 0.0981. The van der Waals surface area contributed by atoms with Crippen molar-refractivity contribution in [3.8, 4) is 0 Å². The van der Waals surface area contributed by atoms with Crippen LogP contribution in [0.1, 0.15) is 32.0 Å². The normalized spacial score (nSPS) is 11.8. The van der Waals surface area contributed by atoms with Gasteiger partial charge in [-0.25, -0.2) is 0 Å². The van der Waals surface area contributed by atoms with Gasteiger partial charge in [0, 0.05) is 42.0 Å². The number of pyridine rings is 1. The third kappa shape index (κ3) is 3.84. The van der Waals surface area contributed by atoms with Gasteiger partial charge in [-0.2, -0.15) is 5.10 Å². The highest BCUT2D eigenvalue weighted by molar-refractivity contribution is 7.99. The van der Waals surface area contributed by atoms with Crippen LogP contribution < -0.4 is 5.32 Å². The van der Waals surface area contributed by atoms with Gasteiger partial charge in [-0.15, -0.1) is 0 Å². The molecule has 2 aromatic heterocycles. The molecule has 5 heteroatoms. The Balaban J connectivity index is 2.24. The Hall–Kier alpha value is -1.33. The summed E-state index contributed by atoms with van der Waals surface area (Å²) in [6.45, 7) is 9.42. The molecule has 0 fully saturated rings. The molecule has 0 aliphatic rings. The Morgan fingerprint density at radius 1 is 1.25 bits per heavy atom. The van der Waals surface area contributed by atoms with Crippen molar-refractivity contribution in [3.05, 3.63) is 35.8 Å². The van der Waals surface area contributed by atoms with Gasteiger partial charge in [-0.05, 0) is 39.8 Å². The number of hydrogen-bond donors (Lipinski definition) is 1. The fraction of sp³-hybridized carbons (Fsp3) is 0.467. The zero-order valence-electron chi connectivity index (χ0n) is 12.8. The van der Waals surface area contributed by atoms with Crippen LogP contribution in [0.4, 0.5) is 0 Å². The fourth-order valence-corrected chi connectivity index (χ4v) is 2.88. The topological polar surface area (TPSA) is 42.7 Å². The van der Waals surface area contributed by atoms with Gasteiger partial charge in [-0.3, -0.25) is 9.67 Å². The molecule has 0 saturated heterocycles. The molecule has 108 valence electrons. The van der Waals surface area contributed by atoms with Crippen molar-refractivity contribution >= 4 is 11.8 Å². The smallest absolute Gasteiger partial charge is 0.103 e. The van der Waals surface area contributed by atoms with Gasteiger partial charge in [0.1, 0.15) is 5.03 Å². The number of rotatable bonds is 4. The van der Waals surface area contributed by atoms with E-state index in [1.54, 1.807) is 11.8 Å². The summed E-state index contributed by atoms with van der Waals surface area (Å²) in [5.41, 5.74) is 2.45. The summed E-state index contributed by atoms with van der Waals surface area (Å²) >= 11 is 1.73. The molecule has 0 bridgehead atoms. The highest BCUT2D eigenvalue weighted by Gasteiger charge is 2.17. The van der Waals surface area contributed by atoms with Gasteiger partial charge in [0.2, 0.25) is 0 Å². The summed E-state index contributed by atoms with van der Waals surface area (Å²) in [4.78, 5) is 5.24. The second-order valence-corrected chi connectivity index (χ2v) is 6.94. The van der Waals surface area contributed by atoms with Crippen molar-refractivity contribution in [2.75, 3.05) is 0 Å². The van der Waals surface area contributed by atoms with Crippen molar-refractivity contribution in [2.45, 2.75) is 49.7 Å². The molecule has 2 rings (SSSR count). The summed E-state index contributed by atoms with van der Waals surface area (Å²) in [5, 5.41) is 9.27. The van der Waals surface area contributed by atoms with E-state index in [4.69, 9.17) is 0 Å². The lowest BCUT2D eigenvalue weighted by atomic mass is 10.1. The standard InChI is InChI=1S/C15H22N4S/c1-11-13(10-17-15(2,3)4)14(19(5)18-11)20-12-6-8-16-9-7-12/h6-9,17H,10H2,1-5H3. The van der Waals surface area contributed by atoms with Crippen LogP contribution >= 0.6 is 11.8 Å². The molecule has 0 spiro atoms. The molecule has 0 atom stereocenters. The van der Waals surface area contributed by atoms with E-state index in [1.807, 2.05) is 36.3 Å². The van der Waals surface area contributed by atoms with Gasteiger partial charge in [-0.1, -0.05) is 11.8 Å². The number of nitrogens with zero attached hydrogens (tertiary/aromatic N) is 3. The molecule has 0 amide bonds. The van der Waals surface area contributed by atoms with E-state index in [0.29, 0.717) is 0 Å². The minimum absolute atomic E-state index is 0.0981. The second kappa shape index (κ2) is 5.97.